The SMILES string of the molecule is CN(CC(=N)N)CC1CCCN1C. The van der Waals surface area contributed by atoms with Gasteiger partial charge in [-0.1, -0.05) is 0 Å². The first-order valence-corrected chi connectivity index (χ1v) is 4.81. The van der Waals surface area contributed by atoms with Gasteiger partial charge < -0.3 is 10.6 Å². The lowest BCUT2D eigenvalue weighted by Crippen LogP contribution is -2.40. The van der Waals surface area contributed by atoms with Gasteiger partial charge in [-0.15, -0.1) is 0 Å². The maximum Gasteiger partial charge on any atom is 0.105 e. The van der Waals surface area contributed by atoms with Crippen molar-refractivity contribution in [3.63, 3.8) is 0 Å². The molecule has 0 bridgehead atoms. The Bertz CT molecular complexity index is 180. The normalized spacial score (nSPS) is 24.1. The summed E-state index contributed by atoms with van der Waals surface area (Å²) in [4.78, 5) is 4.51. The third-order valence-corrected chi connectivity index (χ3v) is 2.63. The molecule has 0 aliphatic carbocycles. The predicted molar refractivity (Wildman–Crippen MR) is 55.1 cm³/mol. The summed E-state index contributed by atoms with van der Waals surface area (Å²) in [5.74, 6) is 0.253. The van der Waals surface area contributed by atoms with E-state index in [1.165, 1.54) is 19.4 Å². The third kappa shape index (κ3) is 3.32. The minimum Gasteiger partial charge on any atom is -0.387 e. The zero-order valence-corrected chi connectivity index (χ0v) is 8.58. The molecular weight excluding hydrogens is 164 g/mol. The Kier molecular flexibility index (Phi) is 3.69. The van der Waals surface area contributed by atoms with E-state index in [1.54, 1.807) is 0 Å². The highest BCUT2D eigenvalue weighted by Crippen LogP contribution is 2.14. The smallest absolute Gasteiger partial charge is 0.105 e. The molecule has 1 heterocycles. The van der Waals surface area contributed by atoms with Gasteiger partial charge >= 0.3 is 0 Å². The van der Waals surface area contributed by atoms with Crippen LogP contribution in [-0.2, 0) is 0 Å². The lowest BCUT2D eigenvalue weighted by molar-refractivity contribution is 0.235. The molecule has 1 aliphatic heterocycles. The van der Waals surface area contributed by atoms with Crippen molar-refractivity contribution in [2.24, 2.45) is 5.73 Å². The quantitative estimate of drug-likeness (QED) is 0.476. The lowest BCUT2D eigenvalue weighted by Gasteiger charge is -2.25. The zero-order chi connectivity index (χ0) is 9.84. The van der Waals surface area contributed by atoms with Crippen LogP contribution >= 0.6 is 0 Å². The number of hydrogen-bond donors (Lipinski definition) is 2. The fourth-order valence-electron chi connectivity index (χ4n) is 1.93. The van der Waals surface area contributed by atoms with E-state index in [4.69, 9.17) is 11.1 Å². The molecule has 13 heavy (non-hydrogen) atoms. The Labute approximate surface area is 80.2 Å². The molecule has 1 fully saturated rings. The van der Waals surface area contributed by atoms with Crippen LogP contribution in [0.25, 0.3) is 0 Å². The second-order valence-corrected chi connectivity index (χ2v) is 4.00. The van der Waals surface area contributed by atoms with Gasteiger partial charge in [0.25, 0.3) is 0 Å². The van der Waals surface area contributed by atoms with Gasteiger partial charge in [0.05, 0.1) is 6.54 Å². The van der Waals surface area contributed by atoms with Crippen molar-refractivity contribution in [1.82, 2.24) is 9.80 Å². The number of nitrogens with one attached hydrogen (secondary N) is 1. The average Bonchev–Trinajstić information content (AvgIpc) is 2.34. The summed E-state index contributed by atoms with van der Waals surface area (Å²) in [6.45, 7) is 2.82. The second kappa shape index (κ2) is 4.58. The first-order valence-electron chi connectivity index (χ1n) is 4.81. The highest BCUT2D eigenvalue weighted by molar-refractivity contribution is 5.78. The van der Waals surface area contributed by atoms with Crippen molar-refractivity contribution in [1.29, 1.82) is 5.41 Å². The number of likely N-dealkylation sites (tertiary alicyclic amines) is 1. The Hall–Kier alpha value is -0.610. The Morgan fingerprint density at radius 2 is 2.38 bits per heavy atom. The van der Waals surface area contributed by atoms with Gasteiger partial charge in [-0.25, -0.2) is 0 Å². The number of nitrogens with zero attached hydrogens (tertiary/aromatic N) is 2. The van der Waals surface area contributed by atoms with Crippen LogP contribution in [0, 0.1) is 5.41 Å². The molecule has 1 unspecified atom stereocenters. The van der Waals surface area contributed by atoms with Gasteiger partial charge in [-0.2, -0.15) is 0 Å². The fraction of sp³-hybridized carbons (Fsp3) is 0.889. The van der Waals surface area contributed by atoms with Gasteiger partial charge in [-0.05, 0) is 33.5 Å². The summed E-state index contributed by atoms with van der Waals surface area (Å²) < 4.78 is 0. The van der Waals surface area contributed by atoms with E-state index in [-0.39, 0.29) is 5.84 Å². The van der Waals surface area contributed by atoms with E-state index < -0.39 is 0 Å². The second-order valence-electron chi connectivity index (χ2n) is 4.00. The minimum atomic E-state index is 0.253. The van der Waals surface area contributed by atoms with E-state index in [2.05, 4.69) is 16.8 Å². The number of amidine groups is 1. The van der Waals surface area contributed by atoms with E-state index in [1.807, 2.05) is 7.05 Å². The molecular formula is C9H20N4. The van der Waals surface area contributed by atoms with Gasteiger partial charge in [0.15, 0.2) is 0 Å². The number of nitrogens with two attached hydrogens (primary N) is 1. The Morgan fingerprint density at radius 1 is 1.69 bits per heavy atom. The lowest BCUT2D eigenvalue weighted by atomic mass is 10.2. The van der Waals surface area contributed by atoms with E-state index in [0.717, 1.165) is 6.54 Å². The Morgan fingerprint density at radius 3 is 2.85 bits per heavy atom. The molecule has 0 spiro atoms. The van der Waals surface area contributed by atoms with Crippen LogP contribution in [0.3, 0.4) is 0 Å². The number of likely N-dealkylation sites (N-methyl/N-ethyl adjacent to an activating group) is 2. The Balaban J connectivity index is 2.26. The summed E-state index contributed by atoms with van der Waals surface area (Å²) in [6.07, 6.45) is 2.58. The standard InChI is InChI=1S/C9H20N4/c1-12(7-9(10)11)6-8-4-3-5-13(8)2/h8H,3-7H2,1-2H3,(H3,10,11). The monoisotopic (exact) mass is 184 g/mol. The molecule has 0 saturated carbocycles. The van der Waals surface area contributed by atoms with Gasteiger partial charge in [0.1, 0.15) is 5.84 Å². The summed E-state index contributed by atoms with van der Waals surface area (Å²) in [5.41, 5.74) is 5.33. The van der Waals surface area contributed by atoms with E-state index >= 15 is 0 Å². The fourth-order valence-corrected chi connectivity index (χ4v) is 1.93. The molecule has 0 aromatic carbocycles. The third-order valence-electron chi connectivity index (χ3n) is 2.63. The molecule has 3 N–H and O–H groups in total. The molecule has 0 aromatic heterocycles. The number of rotatable bonds is 4. The van der Waals surface area contributed by atoms with E-state index in [9.17, 15) is 0 Å². The van der Waals surface area contributed by atoms with Gasteiger partial charge in [0, 0.05) is 12.6 Å². The summed E-state index contributed by atoms with van der Waals surface area (Å²) in [6, 6.07) is 0.657. The minimum absolute atomic E-state index is 0.253. The summed E-state index contributed by atoms with van der Waals surface area (Å²) in [7, 11) is 4.19. The van der Waals surface area contributed by atoms with Crippen LogP contribution in [0.15, 0.2) is 0 Å². The van der Waals surface area contributed by atoms with Gasteiger partial charge in [-0.3, -0.25) is 10.3 Å². The first-order chi connectivity index (χ1) is 6.09. The topological polar surface area (TPSA) is 56.4 Å². The largest absolute Gasteiger partial charge is 0.387 e. The average molecular weight is 184 g/mol. The molecule has 4 nitrogen and oxygen atoms in total. The van der Waals surface area contributed by atoms with Crippen molar-refractivity contribution >= 4 is 5.84 Å². The molecule has 0 radical (unpaired) electrons. The van der Waals surface area contributed by atoms with Crippen LogP contribution < -0.4 is 5.73 Å². The predicted octanol–water partition coefficient (Wildman–Crippen LogP) is -0.0516. The maximum atomic E-state index is 7.17. The van der Waals surface area contributed by atoms with Crippen LogP contribution in [0.1, 0.15) is 12.8 Å². The van der Waals surface area contributed by atoms with Crippen LogP contribution in [0.4, 0.5) is 0 Å². The van der Waals surface area contributed by atoms with Gasteiger partial charge in [0.2, 0.25) is 0 Å². The van der Waals surface area contributed by atoms with Crippen LogP contribution in [0.5, 0.6) is 0 Å². The summed E-state index contributed by atoms with van der Waals surface area (Å²) >= 11 is 0. The molecule has 0 amide bonds. The summed E-state index contributed by atoms with van der Waals surface area (Å²) in [5, 5.41) is 7.17. The maximum absolute atomic E-state index is 7.17. The van der Waals surface area contributed by atoms with Crippen LogP contribution in [-0.4, -0.2) is 55.4 Å². The molecule has 0 aromatic rings. The number of hydrogen-bond acceptors (Lipinski definition) is 3. The molecule has 1 rings (SSSR count). The first kappa shape index (κ1) is 10.5. The van der Waals surface area contributed by atoms with Crippen molar-refractivity contribution in [2.45, 2.75) is 18.9 Å². The van der Waals surface area contributed by atoms with Crippen molar-refractivity contribution in [3.8, 4) is 0 Å². The highest BCUT2D eigenvalue weighted by atomic mass is 15.2. The zero-order valence-electron chi connectivity index (χ0n) is 8.58. The molecule has 1 saturated heterocycles. The molecule has 1 aliphatic rings. The molecule has 4 heteroatoms. The van der Waals surface area contributed by atoms with Crippen molar-refractivity contribution in [3.05, 3.63) is 0 Å². The van der Waals surface area contributed by atoms with Crippen molar-refractivity contribution in [2.75, 3.05) is 33.7 Å². The highest BCUT2D eigenvalue weighted by Gasteiger charge is 2.21. The molecule has 1 atom stereocenters. The molecule has 76 valence electrons. The van der Waals surface area contributed by atoms with Crippen molar-refractivity contribution < 1.29 is 0 Å². The van der Waals surface area contributed by atoms with E-state index in [0.29, 0.717) is 12.6 Å². The van der Waals surface area contributed by atoms with Crippen LogP contribution in [0.2, 0.25) is 0 Å².